The summed E-state index contributed by atoms with van der Waals surface area (Å²) >= 11 is 0. The summed E-state index contributed by atoms with van der Waals surface area (Å²) in [4.78, 5) is 4.93. The van der Waals surface area contributed by atoms with Gasteiger partial charge in [-0.3, -0.25) is 0 Å². The van der Waals surface area contributed by atoms with Gasteiger partial charge >= 0.3 is 0 Å². The molecule has 150 valence electrons. The number of nitrogens with zero attached hydrogens (tertiary/aromatic N) is 1. The van der Waals surface area contributed by atoms with Crippen LogP contribution in [0.2, 0.25) is 0 Å². The molecule has 0 radical (unpaired) electrons. The minimum absolute atomic E-state index is 0.126. The summed E-state index contributed by atoms with van der Waals surface area (Å²) in [6.07, 6.45) is 0. The van der Waals surface area contributed by atoms with Crippen molar-refractivity contribution in [2.45, 2.75) is 26.2 Å². The molecule has 0 fully saturated rings. The van der Waals surface area contributed by atoms with Crippen LogP contribution < -0.4 is 11.5 Å². The Morgan fingerprint density at radius 2 is 0.933 bits per heavy atom. The van der Waals surface area contributed by atoms with Gasteiger partial charge in [-0.2, -0.15) is 0 Å². The molecule has 4 N–H and O–H groups in total. The Morgan fingerprint density at radius 3 is 1.33 bits per heavy atom. The highest BCUT2D eigenvalue weighted by Crippen LogP contribution is 2.32. The first kappa shape index (κ1) is 19.7. The molecule has 30 heavy (non-hydrogen) atoms. The second-order valence-corrected chi connectivity index (χ2v) is 8.70. The molecule has 0 spiro atoms. The second-order valence-electron chi connectivity index (χ2n) is 8.70. The van der Waals surface area contributed by atoms with E-state index in [-0.39, 0.29) is 5.41 Å². The van der Waals surface area contributed by atoms with Crippen molar-refractivity contribution in [1.82, 2.24) is 4.98 Å². The summed E-state index contributed by atoms with van der Waals surface area (Å²) < 4.78 is 0. The molecule has 0 saturated heterocycles. The van der Waals surface area contributed by atoms with Crippen molar-refractivity contribution in [2.24, 2.45) is 0 Å². The minimum Gasteiger partial charge on any atom is -0.399 e. The van der Waals surface area contributed by atoms with Crippen molar-refractivity contribution >= 4 is 11.4 Å². The van der Waals surface area contributed by atoms with Crippen molar-refractivity contribution in [3.05, 3.63) is 90.5 Å². The van der Waals surface area contributed by atoms with Crippen molar-refractivity contribution in [1.29, 1.82) is 0 Å². The van der Waals surface area contributed by atoms with Gasteiger partial charge in [-0.1, -0.05) is 69.3 Å². The summed E-state index contributed by atoms with van der Waals surface area (Å²) in [6, 6.07) is 28.7. The van der Waals surface area contributed by atoms with E-state index in [4.69, 9.17) is 16.5 Å². The number of benzene rings is 3. The number of hydrogen-bond donors (Lipinski definition) is 2. The summed E-state index contributed by atoms with van der Waals surface area (Å²) in [7, 11) is 0. The van der Waals surface area contributed by atoms with Gasteiger partial charge in [0, 0.05) is 22.5 Å². The number of nitrogens with two attached hydrogens (primary N) is 2. The zero-order chi connectivity index (χ0) is 21.3. The monoisotopic (exact) mass is 393 g/mol. The zero-order valence-electron chi connectivity index (χ0n) is 17.7. The third kappa shape index (κ3) is 4.20. The fraction of sp³-hybridized carbons (Fsp3) is 0.148. The lowest BCUT2D eigenvalue weighted by Gasteiger charge is -2.19. The molecule has 0 aliphatic heterocycles. The first-order valence-electron chi connectivity index (χ1n) is 10.1. The maximum Gasteiger partial charge on any atom is 0.0715 e. The van der Waals surface area contributed by atoms with Gasteiger partial charge in [-0.05, 0) is 58.5 Å². The van der Waals surface area contributed by atoms with E-state index in [2.05, 4.69) is 57.2 Å². The highest BCUT2D eigenvalue weighted by Gasteiger charge is 2.14. The first-order chi connectivity index (χ1) is 14.3. The Bertz CT molecular complexity index is 1090. The van der Waals surface area contributed by atoms with E-state index in [9.17, 15) is 0 Å². The normalized spacial score (nSPS) is 11.4. The predicted octanol–water partition coefficient (Wildman–Crippen LogP) is 6.54. The van der Waals surface area contributed by atoms with Crippen LogP contribution >= 0.6 is 0 Å². The van der Waals surface area contributed by atoms with E-state index < -0.39 is 0 Å². The molecule has 0 bridgehead atoms. The molecule has 0 unspecified atom stereocenters. The first-order valence-corrected chi connectivity index (χ1v) is 10.1. The van der Waals surface area contributed by atoms with E-state index in [0.717, 1.165) is 39.5 Å². The minimum atomic E-state index is 0.126. The maximum atomic E-state index is 5.88. The topological polar surface area (TPSA) is 64.9 Å². The van der Waals surface area contributed by atoms with Crippen LogP contribution in [0.3, 0.4) is 0 Å². The van der Waals surface area contributed by atoms with Crippen LogP contribution in [0.4, 0.5) is 11.4 Å². The van der Waals surface area contributed by atoms with Crippen LogP contribution in [0.15, 0.2) is 84.9 Å². The smallest absolute Gasteiger partial charge is 0.0715 e. The van der Waals surface area contributed by atoms with Crippen molar-refractivity contribution in [3.8, 4) is 33.6 Å². The third-order valence-corrected chi connectivity index (χ3v) is 5.32. The van der Waals surface area contributed by atoms with Gasteiger partial charge in [-0.15, -0.1) is 0 Å². The Labute approximate surface area is 178 Å². The maximum absolute atomic E-state index is 5.88. The lowest BCUT2D eigenvalue weighted by molar-refractivity contribution is 0.590. The zero-order valence-corrected chi connectivity index (χ0v) is 17.7. The highest BCUT2D eigenvalue weighted by molar-refractivity contribution is 5.77. The van der Waals surface area contributed by atoms with Gasteiger partial charge < -0.3 is 11.5 Å². The summed E-state index contributed by atoms with van der Waals surface area (Å²) in [5.41, 5.74) is 20.9. The van der Waals surface area contributed by atoms with Gasteiger partial charge in [0.05, 0.1) is 11.4 Å². The molecule has 3 aromatic carbocycles. The van der Waals surface area contributed by atoms with E-state index in [0.29, 0.717) is 0 Å². The van der Waals surface area contributed by atoms with Crippen LogP contribution in [0.1, 0.15) is 26.3 Å². The SMILES string of the molecule is CC(C)(C)c1ccc(-c2cc(-c3ccc(N)cc3)nc(-c3ccc(N)cc3)c2)cc1. The lowest BCUT2D eigenvalue weighted by Crippen LogP contribution is -2.10. The quantitative estimate of drug-likeness (QED) is 0.388. The second kappa shape index (κ2) is 7.68. The molecule has 0 aliphatic carbocycles. The third-order valence-electron chi connectivity index (χ3n) is 5.32. The van der Waals surface area contributed by atoms with E-state index >= 15 is 0 Å². The number of rotatable bonds is 3. The van der Waals surface area contributed by atoms with Gasteiger partial charge in [0.2, 0.25) is 0 Å². The average molecular weight is 394 g/mol. The van der Waals surface area contributed by atoms with Crippen LogP contribution in [0.5, 0.6) is 0 Å². The molecular weight excluding hydrogens is 366 g/mol. The summed E-state index contributed by atoms with van der Waals surface area (Å²) in [5, 5.41) is 0. The van der Waals surface area contributed by atoms with Gasteiger partial charge in [0.15, 0.2) is 0 Å². The lowest BCUT2D eigenvalue weighted by atomic mass is 9.86. The van der Waals surface area contributed by atoms with Gasteiger partial charge in [0.25, 0.3) is 0 Å². The molecule has 1 heterocycles. The molecule has 1 aromatic heterocycles. The van der Waals surface area contributed by atoms with Crippen LogP contribution in [0, 0.1) is 0 Å². The van der Waals surface area contributed by atoms with E-state index in [1.165, 1.54) is 11.1 Å². The molecule has 3 nitrogen and oxygen atoms in total. The van der Waals surface area contributed by atoms with Crippen molar-refractivity contribution < 1.29 is 0 Å². The largest absolute Gasteiger partial charge is 0.399 e. The summed E-state index contributed by atoms with van der Waals surface area (Å²) in [5.74, 6) is 0. The number of nitrogen functional groups attached to an aromatic ring is 2. The van der Waals surface area contributed by atoms with Crippen LogP contribution in [-0.4, -0.2) is 4.98 Å². The predicted molar refractivity (Wildman–Crippen MR) is 128 cm³/mol. The molecule has 4 rings (SSSR count). The van der Waals surface area contributed by atoms with Crippen molar-refractivity contribution in [2.75, 3.05) is 11.5 Å². The van der Waals surface area contributed by atoms with Crippen molar-refractivity contribution in [3.63, 3.8) is 0 Å². The standard InChI is InChI=1S/C27H27N3/c1-27(2,3)22-10-4-18(5-11-22)21-16-25(19-6-12-23(28)13-7-19)30-26(17-21)20-8-14-24(29)15-9-20/h4-17H,28-29H2,1-3H3. The number of pyridine rings is 1. The fourth-order valence-corrected chi connectivity index (χ4v) is 3.46. The molecule has 0 saturated carbocycles. The molecule has 3 heteroatoms. The molecule has 4 aromatic rings. The van der Waals surface area contributed by atoms with E-state index in [1.807, 2.05) is 48.5 Å². The Morgan fingerprint density at radius 1 is 0.533 bits per heavy atom. The molecule has 0 amide bonds. The Balaban J connectivity index is 1.85. The number of aromatic nitrogens is 1. The van der Waals surface area contributed by atoms with Crippen LogP contribution in [-0.2, 0) is 5.41 Å². The Hall–Kier alpha value is -3.59. The average Bonchev–Trinajstić information content (AvgIpc) is 2.74. The fourth-order valence-electron chi connectivity index (χ4n) is 3.46. The molecular formula is C27H27N3. The molecule has 0 atom stereocenters. The summed E-state index contributed by atoms with van der Waals surface area (Å²) in [6.45, 7) is 6.69. The number of anilines is 2. The van der Waals surface area contributed by atoms with E-state index in [1.54, 1.807) is 0 Å². The van der Waals surface area contributed by atoms with Gasteiger partial charge in [0.1, 0.15) is 0 Å². The Kier molecular flexibility index (Phi) is 5.04. The highest BCUT2D eigenvalue weighted by atomic mass is 14.7. The van der Waals surface area contributed by atoms with Gasteiger partial charge in [-0.25, -0.2) is 4.98 Å². The molecule has 0 aliphatic rings. The number of hydrogen-bond acceptors (Lipinski definition) is 3. The van der Waals surface area contributed by atoms with Crippen LogP contribution in [0.25, 0.3) is 33.6 Å².